The minimum atomic E-state index is 0.500. The van der Waals surface area contributed by atoms with E-state index >= 15 is 0 Å². The fourth-order valence-corrected chi connectivity index (χ4v) is 2.02. The van der Waals surface area contributed by atoms with Crippen molar-refractivity contribution in [1.29, 1.82) is 0 Å². The third-order valence-electron chi connectivity index (χ3n) is 3.24. The number of rotatable bonds is 5. The number of hydrogen-bond donors (Lipinski definition) is 0. The van der Waals surface area contributed by atoms with Crippen LogP contribution < -0.4 is 4.74 Å². The lowest BCUT2D eigenvalue weighted by Gasteiger charge is -2.12. The summed E-state index contributed by atoms with van der Waals surface area (Å²) in [5, 5.41) is 0. The maximum atomic E-state index is 5.83. The molecule has 0 aromatic heterocycles. The molecule has 0 radical (unpaired) electrons. The van der Waals surface area contributed by atoms with E-state index in [4.69, 9.17) is 4.74 Å². The first-order chi connectivity index (χ1) is 9.19. The first-order valence-electron chi connectivity index (χ1n) is 6.64. The van der Waals surface area contributed by atoms with E-state index in [-0.39, 0.29) is 0 Å². The molecule has 1 atom stereocenters. The van der Waals surface area contributed by atoms with Crippen molar-refractivity contribution < 1.29 is 4.74 Å². The number of ether oxygens (including phenoxy) is 1. The second-order valence-corrected chi connectivity index (χ2v) is 4.92. The van der Waals surface area contributed by atoms with Gasteiger partial charge >= 0.3 is 0 Å². The molecule has 19 heavy (non-hydrogen) atoms. The minimum Gasteiger partial charge on any atom is -0.457 e. The van der Waals surface area contributed by atoms with Gasteiger partial charge in [0.05, 0.1) is 0 Å². The van der Waals surface area contributed by atoms with E-state index in [2.05, 4.69) is 32.6 Å². The predicted octanol–water partition coefficient (Wildman–Crippen LogP) is 5.15. The number of hydrogen-bond acceptors (Lipinski definition) is 1. The number of allylic oxidation sites excluding steroid dienone is 1. The van der Waals surface area contributed by atoms with Gasteiger partial charge < -0.3 is 4.74 Å². The average Bonchev–Trinajstić information content (AvgIpc) is 2.43. The molecule has 0 saturated carbocycles. The van der Waals surface area contributed by atoms with Gasteiger partial charge in [-0.2, -0.15) is 0 Å². The van der Waals surface area contributed by atoms with Crippen molar-refractivity contribution in [2.24, 2.45) is 5.92 Å². The molecule has 0 bridgehead atoms. The molecule has 0 spiro atoms. The molecule has 0 aliphatic heterocycles. The van der Waals surface area contributed by atoms with E-state index in [1.165, 1.54) is 11.1 Å². The van der Waals surface area contributed by atoms with Crippen molar-refractivity contribution in [3.63, 3.8) is 0 Å². The topological polar surface area (TPSA) is 9.23 Å². The molecule has 98 valence electrons. The summed E-state index contributed by atoms with van der Waals surface area (Å²) in [6.45, 7) is 8.14. The van der Waals surface area contributed by atoms with Crippen LogP contribution in [0.5, 0.6) is 11.5 Å². The molecular weight excluding hydrogens is 232 g/mol. The summed E-state index contributed by atoms with van der Waals surface area (Å²) in [7, 11) is 0. The lowest BCUT2D eigenvalue weighted by molar-refractivity contribution is 0.482. The summed E-state index contributed by atoms with van der Waals surface area (Å²) in [6, 6.07) is 16.1. The molecule has 0 aliphatic rings. The molecule has 0 fully saturated rings. The first kappa shape index (κ1) is 13.4. The zero-order valence-corrected chi connectivity index (χ0v) is 11.6. The highest BCUT2D eigenvalue weighted by Gasteiger charge is 2.05. The van der Waals surface area contributed by atoms with Crippen LogP contribution in [0.2, 0.25) is 0 Å². The summed E-state index contributed by atoms with van der Waals surface area (Å²) >= 11 is 0. The number of benzene rings is 2. The van der Waals surface area contributed by atoms with Gasteiger partial charge in [0.25, 0.3) is 0 Å². The Balaban J connectivity index is 2.12. The van der Waals surface area contributed by atoms with Gasteiger partial charge in [0.15, 0.2) is 0 Å². The van der Waals surface area contributed by atoms with Gasteiger partial charge in [0.1, 0.15) is 11.5 Å². The second kappa shape index (κ2) is 6.24. The maximum Gasteiger partial charge on any atom is 0.127 e. The summed E-state index contributed by atoms with van der Waals surface area (Å²) < 4.78 is 5.83. The molecule has 0 heterocycles. The maximum absolute atomic E-state index is 5.83. The van der Waals surface area contributed by atoms with Gasteiger partial charge in [-0.3, -0.25) is 0 Å². The SMILES string of the molecule is C=CC(C)Cc1ccc(Oc2ccccc2)cc1C. The predicted molar refractivity (Wildman–Crippen MR) is 80.8 cm³/mol. The zero-order valence-electron chi connectivity index (χ0n) is 11.6. The Morgan fingerprint density at radius 3 is 2.47 bits per heavy atom. The van der Waals surface area contributed by atoms with Crippen LogP contribution in [0.4, 0.5) is 0 Å². The Bertz CT molecular complexity index is 543. The molecule has 2 aromatic rings. The third kappa shape index (κ3) is 3.72. The van der Waals surface area contributed by atoms with Crippen molar-refractivity contribution in [3.05, 3.63) is 72.3 Å². The Labute approximate surface area is 115 Å². The summed E-state index contributed by atoms with van der Waals surface area (Å²) in [5.74, 6) is 2.26. The molecular formula is C18H20O. The highest BCUT2D eigenvalue weighted by Crippen LogP contribution is 2.24. The zero-order chi connectivity index (χ0) is 13.7. The van der Waals surface area contributed by atoms with Crippen molar-refractivity contribution in [1.82, 2.24) is 0 Å². The Morgan fingerprint density at radius 1 is 1.11 bits per heavy atom. The van der Waals surface area contributed by atoms with Crippen molar-refractivity contribution in [2.75, 3.05) is 0 Å². The fourth-order valence-electron chi connectivity index (χ4n) is 2.02. The molecule has 0 saturated heterocycles. The molecule has 0 aliphatic carbocycles. The van der Waals surface area contributed by atoms with E-state index in [1.54, 1.807) is 0 Å². The van der Waals surface area contributed by atoms with Crippen LogP contribution in [0.25, 0.3) is 0 Å². The van der Waals surface area contributed by atoms with Gasteiger partial charge in [0.2, 0.25) is 0 Å². The first-order valence-corrected chi connectivity index (χ1v) is 6.64. The largest absolute Gasteiger partial charge is 0.457 e. The van der Waals surface area contributed by atoms with Gasteiger partial charge in [-0.05, 0) is 54.7 Å². The van der Waals surface area contributed by atoms with E-state index in [0.29, 0.717) is 5.92 Å². The Morgan fingerprint density at radius 2 is 1.84 bits per heavy atom. The van der Waals surface area contributed by atoms with E-state index in [9.17, 15) is 0 Å². The van der Waals surface area contributed by atoms with Crippen LogP contribution in [-0.4, -0.2) is 0 Å². The highest BCUT2D eigenvalue weighted by atomic mass is 16.5. The average molecular weight is 252 g/mol. The van der Waals surface area contributed by atoms with Gasteiger partial charge in [-0.15, -0.1) is 6.58 Å². The van der Waals surface area contributed by atoms with Crippen molar-refractivity contribution >= 4 is 0 Å². The molecule has 2 rings (SSSR count). The van der Waals surface area contributed by atoms with Crippen molar-refractivity contribution in [2.45, 2.75) is 20.3 Å². The normalized spacial score (nSPS) is 11.9. The monoisotopic (exact) mass is 252 g/mol. The molecule has 1 heteroatoms. The minimum absolute atomic E-state index is 0.500. The van der Waals surface area contributed by atoms with Gasteiger partial charge in [0, 0.05) is 0 Å². The smallest absolute Gasteiger partial charge is 0.127 e. The van der Waals surface area contributed by atoms with E-state index in [0.717, 1.165) is 17.9 Å². The van der Waals surface area contributed by atoms with Crippen LogP contribution in [-0.2, 0) is 6.42 Å². The summed E-state index contributed by atoms with van der Waals surface area (Å²) in [5.41, 5.74) is 2.62. The number of aryl methyl sites for hydroxylation is 1. The lowest BCUT2D eigenvalue weighted by atomic mass is 9.97. The van der Waals surface area contributed by atoms with Crippen LogP contribution in [0.3, 0.4) is 0 Å². The fraction of sp³-hybridized carbons (Fsp3) is 0.222. The van der Waals surface area contributed by atoms with Crippen LogP contribution in [0.15, 0.2) is 61.2 Å². The van der Waals surface area contributed by atoms with Crippen LogP contribution in [0.1, 0.15) is 18.1 Å². The molecule has 2 aromatic carbocycles. The molecule has 1 nitrogen and oxygen atoms in total. The van der Waals surface area contributed by atoms with E-state index in [1.807, 2.05) is 42.5 Å². The summed E-state index contributed by atoms with van der Waals surface area (Å²) in [6.07, 6.45) is 3.02. The van der Waals surface area contributed by atoms with Gasteiger partial charge in [-0.25, -0.2) is 0 Å². The Hall–Kier alpha value is -2.02. The van der Waals surface area contributed by atoms with E-state index < -0.39 is 0 Å². The van der Waals surface area contributed by atoms with Crippen molar-refractivity contribution in [3.8, 4) is 11.5 Å². The standard InChI is InChI=1S/C18H20O/c1-4-14(2)12-16-10-11-18(13-15(16)3)19-17-8-6-5-7-9-17/h4-11,13-14H,1,12H2,2-3H3. The molecule has 0 N–H and O–H groups in total. The second-order valence-electron chi connectivity index (χ2n) is 4.92. The van der Waals surface area contributed by atoms with Gasteiger partial charge in [-0.1, -0.05) is 37.3 Å². The Kier molecular flexibility index (Phi) is 4.40. The quantitative estimate of drug-likeness (QED) is 0.668. The van der Waals surface area contributed by atoms with Crippen LogP contribution >= 0.6 is 0 Å². The molecule has 0 amide bonds. The highest BCUT2D eigenvalue weighted by molar-refractivity contribution is 5.38. The molecule has 1 unspecified atom stereocenters. The third-order valence-corrected chi connectivity index (χ3v) is 3.24. The lowest BCUT2D eigenvalue weighted by Crippen LogP contribution is -1.98. The van der Waals surface area contributed by atoms with Crippen LogP contribution in [0, 0.1) is 12.8 Å². The number of para-hydroxylation sites is 1. The summed E-state index contributed by atoms with van der Waals surface area (Å²) in [4.78, 5) is 0.